The molecular formula is C14H7Cl2FN2O4S. The summed E-state index contributed by atoms with van der Waals surface area (Å²) < 4.78 is 40.4. The summed E-state index contributed by atoms with van der Waals surface area (Å²) in [5, 5.41) is 17.1. The van der Waals surface area contributed by atoms with Gasteiger partial charge < -0.3 is 9.52 Å². The first-order valence-corrected chi connectivity index (χ1v) is 8.46. The predicted octanol–water partition coefficient (Wildman–Crippen LogP) is 4.07. The molecule has 0 unspecified atom stereocenters. The van der Waals surface area contributed by atoms with Gasteiger partial charge in [0.15, 0.2) is 5.75 Å². The molecule has 1 heterocycles. The van der Waals surface area contributed by atoms with E-state index in [0.717, 1.165) is 12.1 Å². The van der Waals surface area contributed by atoms with Gasteiger partial charge >= 0.3 is 10.2 Å². The van der Waals surface area contributed by atoms with Crippen molar-refractivity contribution in [3.63, 3.8) is 0 Å². The van der Waals surface area contributed by atoms with Gasteiger partial charge in [0.1, 0.15) is 0 Å². The lowest BCUT2D eigenvalue weighted by atomic mass is 10.2. The summed E-state index contributed by atoms with van der Waals surface area (Å²) >= 11 is 11.7. The maximum atomic E-state index is 13.1. The van der Waals surface area contributed by atoms with Crippen LogP contribution in [0, 0.1) is 0 Å². The summed E-state index contributed by atoms with van der Waals surface area (Å²) in [6.45, 7) is 0. The first-order valence-electron chi connectivity index (χ1n) is 6.32. The summed E-state index contributed by atoms with van der Waals surface area (Å²) in [4.78, 5) is -0.518. The lowest BCUT2D eigenvalue weighted by molar-refractivity contribution is 0.476. The molecule has 3 rings (SSSR count). The highest BCUT2D eigenvalue weighted by atomic mass is 35.5. The lowest BCUT2D eigenvalue weighted by Crippen LogP contribution is -1.92. The Hall–Kier alpha value is -2.16. The van der Waals surface area contributed by atoms with Crippen molar-refractivity contribution in [1.82, 2.24) is 10.2 Å². The molecule has 10 heteroatoms. The van der Waals surface area contributed by atoms with E-state index in [4.69, 9.17) is 27.6 Å². The van der Waals surface area contributed by atoms with Crippen LogP contribution in [0.1, 0.15) is 0 Å². The van der Waals surface area contributed by atoms with E-state index in [-0.39, 0.29) is 33.1 Å². The molecule has 0 aliphatic heterocycles. The SMILES string of the molecule is O=S(=O)(F)c1cccc(-c2nnc(-c3cc(Cl)c(O)c(Cl)c3)o2)c1. The van der Waals surface area contributed by atoms with Crippen molar-refractivity contribution >= 4 is 33.4 Å². The number of aromatic hydroxyl groups is 1. The van der Waals surface area contributed by atoms with E-state index in [9.17, 15) is 17.4 Å². The smallest absolute Gasteiger partial charge is 0.332 e. The fraction of sp³-hybridized carbons (Fsp3) is 0. The van der Waals surface area contributed by atoms with Crippen LogP contribution in [-0.4, -0.2) is 23.7 Å². The van der Waals surface area contributed by atoms with Crippen LogP contribution in [0.2, 0.25) is 10.0 Å². The number of benzene rings is 2. The van der Waals surface area contributed by atoms with Gasteiger partial charge in [0.2, 0.25) is 11.8 Å². The Morgan fingerprint density at radius 1 is 1.00 bits per heavy atom. The number of rotatable bonds is 3. The molecule has 2 aromatic carbocycles. The maximum absolute atomic E-state index is 13.1. The first kappa shape index (κ1) is 16.7. The molecule has 0 aliphatic carbocycles. The van der Waals surface area contributed by atoms with Crippen LogP contribution in [0.3, 0.4) is 0 Å². The molecule has 1 aromatic heterocycles. The van der Waals surface area contributed by atoms with Crippen LogP contribution >= 0.6 is 23.2 Å². The van der Waals surface area contributed by atoms with Gasteiger partial charge in [-0.1, -0.05) is 29.3 Å². The highest BCUT2D eigenvalue weighted by Crippen LogP contribution is 2.36. The van der Waals surface area contributed by atoms with Crippen molar-refractivity contribution in [2.45, 2.75) is 4.90 Å². The third-order valence-electron chi connectivity index (χ3n) is 3.05. The monoisotopic (exact) mass is 388 g/mol. The minimum Gasteiger partial charge on any atom is -0.505 e. The topological polar surface area (TPSA) is 93.3 Å². The highest BCUT2D eigenvalue weighted by molar-refractivity contribution is 7.86. The van der Waals surface area contributed by atoms with Crippen LogP contribution in [0.4, 0.5) is 3.89 Å². The molecule has 0 radical (unpaired) electrons. The Kier molecular flexibility index (Phi) is 4.20. The van der Waals surface area contributed by atoms with Crippen LogP contribution in [0.15, 0.2) is 45.7 Å². The zero-order valence-electron chi connectivity index (χ0n) is 11.6. The summed E-state index contributed by atoms with van der Waals surface area (Å²) in [6.07, 6.45) is 0. The standard InChI is InChI=1S/C14H7Cl2FN2O4S/c15-10-5-8(6-11(16)12(10)20)14-19-18-13(23-14)7-2-1-3-9(4-7)24(17,21)22/h1-6,20H. The van der Waals surface area contributed by atoms with Crippen LogP contribution in [0.5, 0.6) is 5.75 Å². The summed E-state index contributed by atoms with van der Waals surface area (Å²) in [6, 6.07) is 7.77. The third-order valence-corrected chi connectivity index (χ3v) is 4.44. The Morgan fingerprint density at radius 3 is 2.17 bits per heavy atom. The Labute approximate surface area is 145 Å². The van der Waals surface area contributed by atoms with Gasteiger partial charge in [-0.3, -0.25) is 0 Å². The molecule has 0 spiro atoms. The quantitative estimate of drug-likeness (QED) is 0.679. The first-order chi connectivity index (χ1) is 11.3. The van der Waals surface area contributed by atoms with Crippen molar-refractivity contribution in [3.05, 3.63) is 46.4 Å². The molecule has 0 saturated heterocycles. The van der Waals surface area contributed by atoms with Crippen molar-refractivity contribution in [1.29, 1.82) is 0 Å². The number of hydrogen-bond donors (Lipinski definition) is 1. The molecule has 0 amide bonds. The number of halogens is 3. The third kappa shape index (κ3) is 3.21. The van der Waals surface area contributed by atoms with Gasteiger partial charge in [-0.05, 0) is 30.3 Å². The molecule has 0 atom stereocenters. The molecule has 0 fully saturated rings. The molecule has 6 nitrogen and oxygen atoms in total. The minimum atomic E-state index is -4.85. The average Bonchev–Trinajstić information content (AvgIpc) is 3.01. The van der Waals surface area contributed by atoms with Gasteiger partial charge in [0.05, 0.1) is 14.9 Å². The van der Waals surface area contributed by atoms with Crippen molar-refractivity contribution in [2.75, 3.05) is 0 Å². The summed E-state index contributed by atoms with van der Waals surface area (Å²) in [7, 11) is -4.85. The fourth-order valence-electron chi connectivity index (χ4n) is 1.93. The minimum absolute atomic E-state index is 0.00256. The number of phenols is 1. The molecule has 1 N–H and O–H groups in total. The van der Waals surface area contributed by atoms with Gasteiger partial charge in [0, 0.05) is 11.1 Å². The Balaban J connectivity index is 2.03. The maximum Gasteiger partial charge on any atom is 0.332 e. The lowest BCUT2D eigenvalue weighted by Gasteiger charge is -2.02. The van der Waals surface area contributed by atoms with E-state index >= 15 is 0 Å². The van der Waals surface area contributed by atoms with Gasteiger partial charge in [-0.2, -0.15) is 8.42 Å². The average molecular weight is 389 g/mol. The largest absolute Gasteiger partial charge is 0.505 e. The molecule has 0 bridgehead atoms. The number of nitrogens with zero attached hydrogens (tertiary/aromatic N) is 2. The number of phenolic OH excluding ortho intramolecular Hbond substituents is 1. The van der Waals surface area contributed by atoms with Crippen molar-refractivity contribution in [3.8, 4) is 28.7 Å². The van der Waals surface area contributed by atoms with Gasteiger partial charge in [0.25, 0.3) is 0 Å². The zero-order chi connectivity index (χ0) is 17.5. The van der Waals surface area contributed by atoms with E-state index in [2.05, 4.69) is 10.2 Å². The van der Waals surface area contributed by atoms with Gasteiger partial charge in [-0.15, -0.1) is 14.1 Å². The van der Waals surface area contributed by atoms with E-state index < -0.39 is 15.1 Å². The Bertz CT molecular complexity index is 1010. The molecule has 124 valence electrons. The van der Waals surface area contributed by atoms with E-state index in [0.29, 0.717) is 5.56 Å². The van der Waals surface area contributed by atoms with E-state index in [1.807, 2.05) is 0 Å². The molecule has 0 aliphatic rings. The highest BCUT2D eigenvalue weighted by Gasteiger charge is 2.17. The number of hydrogen-bond acceptors (Lipinski definition) is 6. The number of aromatic nitrogens is 2. The second-order valence-electron chi connectivity index (χ2n) is 4.67. The summed E-state index contributed by atoms with van der Waals surface area (Å²) in [5.74, 6) is -0.249. The van der Waals surface area contributed by atoms with Crippen molar-refractivity contribution in [2.24, 2.45) is 0 Å². The van der Waals surface area contributed by atoms with Crippen molar-refractivity contribution < 1.29 is 21.8 Å². The second kappa shape index (κ2) is 6.04. The zero-order valence-corrected chi connectivity index (χ0v) is 13.9. The molecule has 3 aromatic rings. The van der Waals surface area contributed by atoms with E-state index in [1.54, 1.807) is 0 Å². The fourth-order valence-corrected chi connectivity index (χ4v) is 2.92. The second-order valence-corrected chi connectivity index (χ2v) is 6.83. The normalized spacial score (nSPS) is 11.6. The van der Waals surface area contributed by atoms with Gasteiger partial charge in [-0.25, -0.2) is 0 Å². The Morgan fingerprint density at radius 2 is 1.58 bits per heavy atom. The van der Waals surface area contributed by atoms with E-state index in [1.165, 1.54) is 24.3 Å². The summed E-state index contributed by atoms with van der Waals surface area (Å²) in [5.41, 5.74) is 0.583. The van der Waals surface area contributed by atoms with Crippen LogP contribution in [0.25, 0.3) is 22.9 Å². The van der Waals surface area contributed by atoms with Crippen LogP contribution in [-0.2, 0) is 10.2 Å². The molecule has 24 heavy (non-hydrogen) atoms. The van der Waals surface area contributed by atoms with Crippen LogP contribution < -0.4 is 0 Å². The predicted molar refractivity (Wildman–Crippen MR) is 85.1 cm³/mol. The molecule has 0 saturated carbocycles. The molecular weight excluding hydrogens is 382 g/mol.